The van der Waals surface area contributed by atoms with Crippen LogP contribution in [0, 0.1) is 0 Å². The van der Waals surface area contributed by atoms with Gasteiger partial charge in [-0.05, 0) is 58.1 Å². The second kappa shape index (κ2) is 11.0. The number of carbonyl (C=O) groups is 2. The number of hydrogen-bond donors (Lipinski definition) is 2. The van der Waals surface area contributed by atoms with E-state index in [2.05, 4.69) is 20.6 Å². The van der Waals surface area contributed by atoms with Gasteiger partial charge in [0.2, 0.25) is 0 Å². The van der Waals surface area contributed by atoms with Crippen molar-refractivity contribution in [2.75, 3.05) is 23.4 Å². The van der Waals surface area contributed by atoms with Gasteiger partial charge < -0.3 is 15.5 Å². The lowest BCUT2D eigenvalue weighted by Crippen LogP contribution is -2.37. The van der Waals surface area contributed by atoms with E-state index in [0.717, 1.165) is 40.6 Å². The third-order valence-corrected chi connectivity index (χ3v) is 8.42. The second-order valence-corrected chi connectivity index (χ2v) is 13.0. The number of thiazole rings is 1. The van der Waals surface area contributed by atoms with E-state index < -0.39 is 54.3 Å². The molecule has 0 saturated carbocycles. The molecular weight excluding hydrogens is 542 g/mol. The third-order valence-electron chi connectivity index (χ3n) is 6.29. The van der Waals surface area contributed by atoms with Gasteiger partial charge in [-0.3, -0.25) is 9.59 Å². The van der Waals surface area contributed by atoms with Crippen molar-refractivity contribution in [1.29, 1.82) is 0 Å². The van der Waals surface area contributed by atoms with E-state index in [0.29, 0.717) is 0 Å². The van der Waals surface area contributed by atoms with E-state index in [9.17, 15) is 27.2 Å². The molecule has 2 aliphatic rings. The molecule has 2 fully saturated rings. The number of thioether (sulfide) groups is 1. The predicted molar refractivity (Wildman–Crippen MR) is 142 cm³/mol. The van der Waals surface area contributed by atoms with Crippen LogP contribution >= 0.6 is 23.1 Å². The zero-order valence-corrected chi connectivity index (χ0v) is 23.2. The fourth-order valence-corrected chi connectivity index (χ4v) is 6.65. The fourth-order valence-electron chi connectivity index (χ4n) is 4.55. The number of pyridine rings is 1. The van der Waals surface area contributed by atoms with Gasteiger partial charge >= 0.3 is 0 Å². The summed E-state index contributed by atoms with van der Waals surface area (Å²) in [5.74, 6) is -2.40. The van der Waals surface area contributed by atoms with E-state index in [1.807, 2.05) is 20.8 Å². The molecule has 4 heterocycles. The van der Waals surface area contributed by atoms with Crippen molar-refractivity contribution in [3.05, 3.63) is 28.5 Å². The number of halogens is 4. The van der Waals surface area contributed by atoms with E-state index in [-0.39, 0.29) is 33.0 Å². The molecule has 1 unspecified atom stereocenters. The minimum atomic E-state index is -3.07. The maximum absolute atomic E-state index is 14.3. The van der Waals surface area contributed by atoms with E-state index in [1.165, 1.54) is 19.2 Å². The molecule has 13 heteroatoms. The molecular formula is C25H31F4N5O2S2. The Kier molecular flexibility index (Phi) is 8.27. The Hall–Kier alpha value is -2.41. The number of nitrogens with one attached hydrogen (secondary N) is 2. The maximum atomic E-state index is 14.3. The highest BCUT2D eigenvalue weighted by Gasteiger charge is 2.46. The summed E-state index contributed by atoms with van der Waals surface area (Å²) >= 11 is 2.58. The Morgan fingerprint density at radius 1 is 1.21 bits per heavy atom. The molecule has 0 bridgehead atoms. The van der Waals surface area contributed by atoms with Crippen LogP contribution in [0.25, 0.3) is 10.4 Å². The van der Waals surface area contributed by atoms with Crippen LogP contribution in [0.4, 0.5) is 23.4 Å². The molecule has 4 rings (SSSR count). The predicted octanol–water partition coefficient (Wildman–Crippen LogP) is 5.85. The number of likely N-dealkylation sites (tertiary alicyclic amines) is 1. The molecule has 2 N–H and O–H groups in total. The molecule has 0 radical (unpaired) electrons. The number of aromatic nitrogens is 2. The molecule has 2 saturated heterocycles. The molecule has 0 aliphatic carbocycles. The van der Waals surface area contributed by atoms with Gasteiger partial charge in [-0.1, -0.05) is 0 Å². The number of hydrogen-bond acceptors (Lipinski definition) is 7. The lowest BCUT2D eigenvalue weighted by molar-refractivity contribution is 0.0118. The molecule has 2 amide bonds. The summed E-state index contributed by atoms with van der Waals surface area (Å²) in [7, 11) is 0. The molecule has 7 nitrogen and oxygen atoms in total. The minimum Gasteiger partial charge on any atom is -0.365 e. The molecule has 1 atom stereocenters. The van der Waals surface area contributed by atoms with Crippen molar-refractivity contribution in [3.8, 4) is 10.4 Å². The first-order chi connectivity index (χ1) is 17.7. The Morgan fingerprint density at radius 3 is 2.47 bits per heavy atom. The SMILES string of the molecule is CC1CC(F)(F)CN1C(=O)c1nc(C(=O)NC2CCSCC2)sc1-c1cnc(NC(C)(C)C)cc1C(F)F. The van der Waals surface area contributed by atoms with Gasteiger partial charge in [0.15, 0.2) is 5.01 Å². The van der Waals surface area contributed by atoms with Gasteiger partial charge in [-0.25, -0.2) is 27.5 Å². The Balaban J connectivity index is 1.76. The van der Waals surface area contributed by atoms with Crippen molar-refractivity contribution in [2.24, 2.45) is 0 Å². The van der Waals surface area contributed by atoms with Gasteiger partial charge in [0.05, 0.1) is 11.4 Å². The van der Waals surface area contributed by atoms with Crippen molar-refractivity contribution >= 4 is 40.7 Å². The first-order valence-corrected chi connectivity index (χ1v) is 14.4. The highest BCUT2D eigenvalue weighted by molar-refractivity contribution is 7.99. The average Bonchev–Trinajstić information content (AvgIpc) is 3.38. The lowest BCUT2D eigenvalue weighted by Gasteiger charge is -2.22. The lowest BCUT2D eigenvalue weighted by atomic mass is 10.1. The average molecular weight is 574 g/mol. The van der Waals surface area contributed by atoms with Crippen LogP contribution in [0.1, 0.15) is 79.2 Å². The van der Waals surface area contributed by atoms with Crippen LogP contribution in [0.3, 0.4) is 0 Å². The Bertz CT molecular complexity index is 1190. The van der Waals surface area contributed by atoms with Crippen LogP contribution in [-0.4, -0.2) is 68.3 Å². The Morgan fingerprint density at radius 2 is 1.89 bits per heavy atom. The normalized spacial score (nSPS) is 20.1. The Labute approximate surface area is 227 Å². The zero-order valence-electron chi connectivity index (χ0n) is 21.6. The topological polar surface area (TPSA) is 87.2 Å². The number of amides is 2. The summed E-state index contributed by atoms with van der Waals surface area (Å²) in [6.07, 6.45) is -0.666. The summed E-state index contributed by atoms with van der Waals surface area (Å²) in [5, 5.41) is 5.86. The molecule has 208 valence electrons. The van der Waals surface area contributed by atoms with Crippen LogP contribution in [0.2, 0.25) is 0 Å². The van der Waals surface area contributed by atoms with E-state index in [1.54, 1.807) is 11.8 Å². The van der Waals surface area contributed by atoms with Crippen molar-refractivity contribution < 1.29 is 27.2 Å². The van der Waals surface area contributed by atoms with Crippen LogP contribution < -0.4 is 10.6 Å². The highest BCUT2D eigenvalue weighted by Crippen LogP contribution is 2.40. The van der Waals surface area contributed by atoms with Crippen molar-refractivity contribution in [1.82, 2.24) is 20.2 Å². The largest absolute Gasteiger partial charge is 0.365 e. The fraction of sp³-hybridized carbons (Fsp3) is 0.600. The smallest absolute Gasteiger partial charge is 0.280 e. The molecule has 38 heavy (non-hydrogen) atoms. The van der Waals surface area contributed by atoms with Crippen molar-refractivity contribution in [2.45, 2.75) is 76.9 Å². The van der Waals surface area contributed by atoms with Gasteiger partial charge in [-0.2, -0.15) is 11.8 Å². The maximum Gasteiger partial charge on any atom is 0.280 e. The van der Waals surface area contributed by atoms with Gasteiger partial charge in [0, 0.05) is 41.4 Å². The first kappa shape index (κ1) is 28.6. The standard InChI is InChI=1S/C25H31F4N5O2S2/c1-13-10-25(28,29)12-34(13)23(36)18-19(38-22(32-18)21(35)31-14-5-7-37-8-6-14)16-11-30-17(33-24(2,3)4)9-15(16)20(26)27/h9,11,13-14,20H,5-8,10,12H2,1-4H3,(H,30,33)(H,31,35). The van der Waals surface area contributed by atoms with Crippen LogP contribution in [0.15, 0.2) is 12.3 Å². The van der Waals surface area contributed by atoms with Gasteiger partial charge in [-0.15, -0.1) is 11.3 Å². The number of alkyl halides is 4. The second-order valence-electron chi connectivity index (χ2n) is 10.7. The molecule has 0 aromatic carbocycles. The van der Waals surface area contributed by atoms with Crippen molar-refractivity contribution in [3.63, 3.8) is 0 Å². The highest BCUT2D eigenvalue weighted by atomic mass is 32.2. The van der Waals surface area contributed by atoms with E-state index in [4.69, 9.17) is 0 Å². The van der Waals surface area contributed by atoms with Crippen LogP contribution in [-0.2, 0) is 0 Å². The summed E-state index contributed by atoms with van der Waals surface area (Å²) < 4.78 is 56.7. The summed E-state index contributed by atoms with van der Waals surface area (Å²) in [4.78, 5) is 36.0. The number of carbonyl (C=O) groups excluding carboxylic acids is 2. The summed E-state index contributed by atoms with van der Waals surface area (Å²) in [5.41, 5.74) is -1.21. The van der Waals surface area contributed by atoms with E-state index >= 15 is 0 Å². The monoisotopic (exact) mass is 573 g/mol. The summed E-state index contributed by atoms with van der Waals surface area (Å²) in [6.45, 7) is 6.26. The molecule has 2 aromatic heterocycles. The number of anilines is 1. The minimum absolute atomic E-state index is 0.00637. The number of nitrogens with zero attached hydrogens (tertiary/aromatic N) is 3. The molecule has 0 spiro atoms. The number of rotatable bonds is 6. The van der Waals surface area contributed by atoms with Gasteiger partial charge in [0.25, 0.3) is 24.2 Å². The van der Waals surface area contributed by atoms with Gasteiger partial charge in [0.1, 0.15) is 11.5 Å². The van der Waals surface area contributed by atoms with Crippen LogP contribution in [0.5, 0.6) is 0 Å². The molecule has 2 aliphatic heterocycles. The third kappa shape index (κ3) is 6.59. The first-order valence-electron chi connectivity index (χ1n) is 12.4. The zero-order chi connectivity index (χ0) is 27.8. The quantitative estimate of drug-likeness (QED) is 0.422. The summed E-state index contributed by atoms with van der Waals surface area (Å²) in [6, 6.07) is 0.356. The molecule has 2 aromatic rings.